The Balaban J connectivity index is 2.15. The predicted molar refractivity (Wildman–Crippen MR) is 45.9 cm³/mol. The van der Waals surface area contributed by atoms with Crippen molar-refractivity contribution >= 4 is 5.78 Å². The third-order valence-corrected chi connectivity index (χ3v) is 2.78. The van der Waals surface area contributed by atoms with Gasteiger partial charge in [-0.05, 0) is 32.3 Å². The Labute approximate surface area is 72.6 Å². The van der Waals surface area contributed by atoms with Crippen molar-refractivity contribution in [3.8, 4) is 0 Å². The first-order chi connectivity index (χ1) is 5.73. The summed E-state index contributed by atoms with van der Waals surface area (Å²) in [5.41, 5.74) is -0.447. The first-order valence-corrected chi connectivity index (χ1v) is 4.62. The van der Waals surface area contributed by atoms with E-state index in [0.29, 0.717) is 0 Å². The summed E-state index contributed by atoms with van der Waals surface area (Å²) < 4.78 is 5.73. The van der Waals surface area contributed by atoms with Gasteiger partial charge >= 0.3 is 0 Å². The van der Waals surface area contributed by atoms with Crippen LogP contribution in [0.25, 0.3) is 0 Å². The molecule has 0 saturated carbocycles. The molecule has 0 amide bonds. The van der Waals surface area contributed by atoms with E-state index in [1.165, 1.54) is 0 Å². The number of carbonyl (C=O) groups excluding carboxylic acids is 1. The molecule has 2 atom stereocenters. The molecule has 12 heavy (non-hydrogen) atoms. The molecule has 1 aliphatic carbocycles. The molecular weight excluding hydrogens is 152 g/mol. The van der Waals surface area contributed by atoms with Crippen molar-refractivity contribution in [2.24, 2.45) is 0 Å². The van der Waals surface area contributed by atoms with Crippen LogP contribution in [-0.4, -0.2) is 17.5 Å². The van der Waals surface area contributed by atoms with Gasteiger partial charge in [0.25, 0.3) is 0 Å². The van der Waals surface area contributed by atoms with Crippen LogP contribution in [0.5, 0.6) is 0 Å². The van der Waals surface area contributed by atoms with Gasteiger partial charge in [-0.2, -0.15) is 0 Å². The Kier molecular flexibility index (Phi) is 1.80. The molecule has 0 aromatic rings. The lowest BCUT2D eigenvalue weighted by molar-refractivity contribution is -0.154. The Morgan fingerprint density at radius 2 is 2.50 bits per heavy atom. The average Bonchev–Trinajstić information content (AvgIpc) is 2.33. The molecule has 1 saturated heterocycles. The maximum Gasteiger partial charge on any atom is 0.187 e. The summed E-state index contributed by atoms with van der Waals surface area (Å²) in [6.45, 7) is 2.05. The zero-order valence-electron chi connectivity index (χ0n) is 7.38. The highest BCUT2D eigenvalue weighted by atomic mass is 16.5. The van der Waals surface area contributed by atoms with Crippen LogP contribution in [0, 0.1) is 0 Å². The van der Waals surface area contributed by atoms with Gasteiger partial charge < -0.3 is 4.74 Å². The van der Waals surface area contributed by atoms with E-state index in [1.54, 1.807) is 6.08 Å². The second kappa shape index (κ2) is 2.70. The molecule has 0 bridgehead atoms. The van der Waals surface area contributed by atoms with E-state index in [-0.39, 0.29) is 11.9 Å². The van der Waals surface area contributed by atoms with Crippen LogP contribution in [0.1, 0.15) is 32.6 Å². The van der Waals surface area contributed by atoms with E-state index < -0.39 is 5.60 Å². The molecule has 1 aliphatic heterocycles. The molecule has 0 N–H and O–H groups in total. The van der Waals surface area contributed by atoms with Gasteiger partial charge in [-0.15, -0.1) is 0 Å². The van der Waals surface area contributed by atoms with Crippen LogP contribution in [0.3, 0.4) is 0 Å². The number of ketones is 1. The second-order valence-electron chi connectivity index (χ2n) is 3.79. The van der Waals surface area contributed by atoms with Crippen molar-refractivity contribution < 1.29 is 9.53 Å². The minimum Gasteiger partial charge on any atom is -0.364 e. The number of carbonyl (C=O) groups is 1. The molecule has 2 rings (SSSR count). The summed E-state index contributed by atoms with van der Waals surface area (Å²) in [5.74, 6) is 0.175. The third-order valence-electron chi connectivity index (χ3n) is 2.78. The van der Waals surface area contributed by atoms with Gasteiger partial charge in [-0.3, -0.25) is 4.79 Å². The van der Waals surface area contributed by atoms with Gasteiger partial charge in [-0.1, -0.05) is 6.08 Å². The number of hydrogen-bond acceptors (Lipinski definition) is 2. The molecule has 0 radical (unpaired) electrons. The molecule has 1 heterocycles. The summed E-state index contributed by atoms with van der Waals surface area (Å²) in [4.78, 5) is 11.5. The molecule has 2 aliphatic rings. The van der Waals surface area contributed by atoms with E-state index in [9.17, 15) is 4.79 Å². The number of hydrogen-bond donors (Lipinski definition) is 0. The molecule has 66 valence electrons. The van der Waals surface area contributed by atoms with Crippen LogP contribution in [-0.2, 0) is 9.53 Å². The molecule has 2 heteroatoms. The highest BCUT2D eigenvalue weighted by Gasteiger charge is 2.42. The third kappa shape index (κ3) is 1.11. The van der Waals surface area contributed by atoms with Crippen molar-refractivity contribution in [3.05, 3.63) is 12.2 Å². The number of rotatable bonds is 0. The minimum absolute atomic E-state index is 0.175. The van der Waals surface area contributed by atoms with Crippen molar-refractivity contribution in [2.45, 2.75) is 44.3 Å². The lowest BCUT2D eigenvalue weighted by Crippen LogP contribution is -2.43. The van der Waals surface area contributed by atoms with Crippen molar-refractivity contribution in [1.29, 1.82) is 0 Å². The van der Waals surface area contributed by atoms with Crippen molar-refractivity contribution in [3.63, 3.8) is 0 Å². The lowest BCUT2D eigenvalue weighted by atomic mass is 9.89. The summed E-state index contributed by atoms with van der Waals surface area (Å²) in [7, 11) is 0. The second-order valence-corrected chi connectivity index (χ2v) is 3.79. The fourth-order valence-corrected chi connectivity index (χ4v) is 2.12. The predicted octanol–water partition coefficient (Wildman–Crippen LogP) is 1.84. The van der Waals surface area contributed by atoms with E-state index in [4.69, 9.17) is 4.74 Å². The van der Waals surface area contributed by atoms with E-state index >= 15 is 0 Å². The lowest BCUT2D eigenvalue weighted by Gasteiger charge is -2.35. The zero-order chi connectivity index (χ0) is 8.60. The Hall–Kier alpha value is -0.630. The summed E-state index contributed by atoms with van der Waals surface area (Å²) >= 11 is 0. The molecule has 0 unspecified atom stereocenters. The topological polar surface area (TPSA) is 26.3 Å². The maximum absolute atomic E-state index is 11.5. The van der Waals surface area contributed by atoms with Gasteiger partial charge in [0.1, 0.15) is 5.60 Å². The minimum atomic E-state index is -0.447. The summed E-state index contributed by atoms with van der Waals surface area (Å²) in [6.07, 6.45) is 7.75. The van der Waals surface area contributed by atoms with E-state index in [1.807, 2.05) is 13.0 Å². The fourth-order valence-electron chi connectivity index (χ4n) is 2.12. The maximum atomic E-state index is 11.5. The number of ether oxygens (including phenoxy) is 1. The van der Waals surface area contributed by atoms with Gasteiger partial charge in [0.15, 0.2) is 5.78 Å². The summed E-state index contributed by atoms with van der Waals surface area (Å²) in [5, 5.41) is 0. The smallest absolute Gasteiger partial charge is 0.187 e. The van der Waals surface area contributed by atoms with Crippen molar-refractivity contribution in [2.75, 3.05) is 0 Å². The summed E-state index contributed by atoms with van der Waals surface area (Å²) in [6, 6.07) is 0. The molecule has 2 nitrogen and oxygen atoms in total. The van der Waals surface area contributed by atoms with Crippen LogP contribution in [0.2, 0.25) is 0 Å². The zero-order valence-corrected chi connectivity index (χ0v) is 7.38. The van der Waals surface area contributed by atoms with Gasteiger partial charge in [-0.25, -0.2) is 0 Å². The normalized spacial score (nSPS) is 41.1. The highest BCUT2D eigenvalue weighted by molar-refractivity contribution is 5.99. The van der Waals surface area contributed by atoms with E-state index in [0.717, 1.165) is 25.7 Å². The van der Waals surface area contributed by atoms with Crippen LogP contribution < -0.4 is 0 Å². The van der Waals surface area contributed by atoms with Crippen LogP contribution in [0.4, 0.5) is 0 Å². The Morgan fingerprint density at radius 1 is 1.67 bits per heavy atom. The molecule has 1 spiro atoms. The van der Waals surface area contributed by atoms with Crippen LogP contribution >= 0.6 is 0 Å². The highest BCUT2D eigenvalue weighted by Crippen LogP contribution is 2.36. The quantitative estimate of drug-likeness (QED) is 0.549. The van der Waals surface area contributed by atoms with Crippen molar-refractivity contribution in [1.82, 2.24) is 0 Å². The Morgan fingerprint density at radius 3 is 3.08 bits per heavy atom. The Bertz CT molecular complexity index is 232. The molecule has 0 aromatic heterocycles. The fraction of sp³-hybridized carbons (Fsp3) is 0.700. The van der Waals surface area contributed by atoms with Gasteiger partial charge in [0.05, 0.1) is 6.10 Å². The first kappa shape index (κ1) is 7.99. The van der Waals surface area contributed by atoms with Gasteiger partial charge in [0.2, 0.25) is 0 Å². The monoisotopic (exact) mass is 166 g/mol. The SMILES string of the molecule is C[C@@H]1CCC[C@@]2(CC=CC2=O)O1. The average molecular weight is 166 g/mol. The van der Waals surface area contributed by atoms with Crippen LogP contribution in [0.15, 0.2) is 12.2 Å². The molecular formula is C10H14O2. The van der Waals surface area contributed by atoms with Gasteiger partial charge in [0, 0.05) is 6.42 Å². The first-order valence-electron chi connectivity index (χ1n) is 4.62. The molecule has 0 aromatic carbocycles. The standard InChI is InChI=1S/C10H14O2/c1-8-4-2-6-10(12-8)7-3-5-9(10)11/h3,5,8H,2,4,6-7H2,1H3/t8-,10+/m1/s1. The van der Waals surface area contributed by atoms with E-state index in [2.05, 4.69) is 0 Å². The largest absolute Gasteiger partial charge is 0.364 e. The molecule has 1 fully saturated rings.